The molecule has 332 valence electrons. The van der Waals surface area contributed by atoms with Gasteiger partial charge in [0, 0.05) is 87.4 Å². The van der Waals surface area contributed by atoms with Gasteiger partial charge in [-0.15, -0.1) is 0 Å². The van der Waals surface area contributed by atoms with E-state index in [1.165, 1.54) is 12.5 Å². The lowest BCUT2D eigenvalue weighted by molar-refractivity contribution is -0.119. The lowest BCUT2D eigenvalue weighted by atomic mass is 9.87. The number of ether oxygens (including phenoxy) is 3. The number of carbonyl (C=O) groups excluding carboxylic acids is 4. The van der Waals surface area contributed by atoms with E-state index in [1.54, 1.807) is 54.5 Å². The summed E-state index contributed by atoms with van der Waals surface area (Å²) in [4.78, 5) is 62.6. The molecule has 1 unspecified atom stereocenters. The number of benzene rings is 3. The number of nitrogens with zero attached hydrogens (tertiary/aromatic N) is 4. The van der Waals surface area contributed by atoms with Gasteiger partial charge in [0.2, 0.25) is 5.91 Å². The van der Waals surface area contributed by atoms with Gasteiger partial charge < -0.3 is 44.9 Å². The van der Waals surface area contributed by atoms with Crippen LogP contribution in [0, 0.1) is 0 Å². The van der Waals surface area contributed by atoms with Crippen LogP contribution in [-0.2, 0) is 25.4 Å². The maximum absolute atomic E-state index is 13.9. The van der Waals surface area contributed by atoms with E-state index in [2.05, 4.69) is 56.7 Å². The fraction of sp³-hybridized carbons (Fsp3) is 0.438. The molecule has 0 saturated heterocycles. The van der Waals surface area contributed by atoms with Crippen LogP contribution in [0.1, 0.15) is 81.9 Å². The Labute approximate surface area is 366 Å². The third-order valence-corrected chi connectivity index (χ3v) is 10.9. The number of fused-ring (bicyclic) bond motifs is 1. The molecule has 5 rings (SSSR count). The van der Waals surface area contributed by atoms with Gasteiger partial charge >= 0.3 is 0 Å². The highest BCUT2D eigenvalue weighted by molar-refractivity contribution is 6.08. The van der Waals surface area contributed by atoms with Crippen LogP contribution in [0.3, 0.4) is 0 Å². The van der Waals surface area contributed by atoms with E-state index in [0.717, 1.165) is 43.6 Å². The number of hydrogen-bond donors (Lipinski definition) is 3. The first-order valence-electron chi connectivity index (χ1n) is 21.6. The maximum atomic E-state index is 13.9. The van der Waals surface area contributed by atoms with Gasteiger partial charge in [-0.05, 0) is 99.8 Å². The van der Waals surface area contributed by atoms with Crippen LogP contribution < -0.4 is 20.9 Å². The zero-order chi connectivity index (χ0) is 44.3. The molecule has 1 aromatic heterocycles. The minimum atomic E-state index is -0.374. The molecule has 1 atom stereocenters. The van der Waals surface area contributed by atoms with Crippen molar-refractivity contribution >= 4 is 35.0 Å². The lowest BCUT2D eigenvalue weighted by Gasteiger charge is -2.26. The SMILES string of the molecule is CCN(CC)c1ccc(NC(=O)c2cccc(C(=O)N(C)CCN(C)CCOCCOCCOCCNC(C)=O)c2)c(-c2cc(C(=O)NC3CCCc4ccccc43)ccn2)c1. The molecule has 3 aromatic carbocycles. The van der Waals surface area contributed by atoms with Gasteiger partial charge in [-0.3, -0.25) is 24.2 Å². The highest BCUT2D eigenvalue weighted by Gasteiger charge is 2.23. The van der Waals surface area contributed by atoms with Crippen molar-refractivity contribution in [2.45, 2.75) is 46.1 Å². The van der Waals surface area contributed by atoms with Gasteiger partial charge in [-0.1, -0.05) is 30.3 Å². The Morgan fingerprint density at radius 1 is 0.742 bits per heavy atom. The number of aromatic nitrogens is 1. The molecule has 0 aliphatic heterocycles. The summed E-state index contributed by atoms with van der Waals surface area (Å²) >= 11 is 0. The molecule has 3 N–H and O–H groups in total. The van der Waals surface area contributed by atoms with E-state index in [9.17, 15) is 19.2 Å². The van der Waals surface area contributed by atoms with Gasteiger partial charge in [0.15, 0.2) is 0 Å². The highest BCUT2D eigenvalue weighted by atomic mass is 16.5. The summed E-state index contributed by atoms with van der Waals surface area (Å²) in [5, 5.41) is 8.99. The van der Waals surface area contributed by atoms with Crippen molar-refractivity contribution in [1.29, 1.82) is 0 Å². The largest absolute Gasteiger partial charge is 0.378 e. The summed E-state index contributed by atoms with van der Waals surface area (Å²) in [6.07, 6.45) is 4.52. The maximum Gasteiger partial charge on any atom is 0.255 e. The van der Waals surface area contributed by atoms with Crippen molar-refractivity contribution in [3.05, 3.63) is 113 Å². The monoisotopic (exact) mass is 849 g/mol. The summed E-state index contributed by atoms with van der Waals surface area (Å²) in [6.45, 7) is 12.3. The van der Waals surface area contributed by atoms with Crippen LogP contribution in [0.4, 0.5) is 11.4 Å². The average Bonchev–Trinajstić information content (AvgIpc) is 3.29. The number of carbonyl (C=O) groups is 4. The highest BCUT2D eigenvalue weighted by Crippen LogP contribution is 2.33. The van der Waals surface area contributed by atoms with E-state index in [1.807, 2.05) is 37.4 Å². The molecule has 0 saturated carbocycles. The molecular weight excluding hydrogens is 787 g/mol. The zero-order valence-corrected chi connectivity index (χ0v) is 36.9. The molecule has 62 heavy (non-hydrogen) atoms. The number of anilines is 2. The second kappa shape index (κ2) is 24.7. The predicted molar refractivity (Wildman–Crippen MR) is 243 cm³/mol. The van der Waals surface area contributed by atoms with Gasteiger partial charge in [0.05, 0.1) is 57.1 Å². The van der Waals surface area contributed by atoms with Gasteiger partial charge in [0.1, 0.15) is 0 Å². The van der Waals surface area contributed by atoms with Gasteiger partial charge in [-0.2, -0.15) is 0 Å². The second-order valence-electron chi connectivity index (χ2n) is 15.3. The van der Waals surface area contributed by atoms with Crippen molar-refractivity contribution in [2.24, 2.45) is 0 Å². The van der Waals surface area contributed by atoms with E-state index in [4.69, 9.17) is 14.2 Å². The van der Waals surface area contributed by atoms with Crippen LogP contribution in [0.5, 0.6) is 0 Å². The minimum absolute atomic E-state index is 0.0661. The molecule has 1 heterocycles. The number of rotatable bonds is 24. The van der Waals surface area contributed by atoms with E-state index < -0.39 is 0 Å². The Bertz CT molecular complexity index is 2090. The Morgan fingerprint density at radius 3 is 2.21 bits per heavy atom. The zero-order valence-electron chi connectivity index (χ0n) is 36.9. The molecule has 0 bridgehead atoms. The normalized spacial score (nSPS) is 13.3. The molecule has 4 aromatic rings. The summed E-state index contributed by atoms with van der Waals surface area (Å²) in [7, 11) is 3.72. The van der Waals surface area contributed by atoms with Crippen molar-refractivity contribution in [1.82, 2.24) is 25.4 Å². The minimum Gasteiger partial charge on any atom is -0.378 e. The van der Waals surface area contributed by atoms with Crippen LogP contribution in [0.2, 0.25) is 0 Å². The number of hydrogen-bond acceptors (Lipinski definition) is 10. The predicted octanol–water partition coefficient (Wildman–Crippen LogP) is 5.84. The molecule has 0 fully saturated rings. The summed E-state index contributed by atoms with van der Waals surface area (Å²) < 4.78 is 16.6. The van der Waals surface area contributed by atoms with E-state index in [0.29, 0.717) is 99.5 Å². The van der Waals surface area contributed by atoms with Crippen molar-refractivity contribution < 1.29 is 33.4 Å². The number of amides is 4. The van der Waals surface area contributed by atoms with Crippen LogP contribution >= 0.6 is 0 Å². The fourth-order valence-corrected chi connectivity index (χ4v) is 7.31. The molecule has 1 aliphatic rings. The quantitative estimate of drug-likeness (QED) is 0.0733. The molecular formula is C48H63N7O7. The number of pyridine rings is 1. The molecule has 0 radical (unpaired) electrons. The molecule has 1 aliphatic carbocycles. The van der Waals surface area contributed by atoms with Crippen molar-refractivity contribution in [3.8, 4) is 11.3 Å². The van der Waals surface area contributed by atoms with E-state index >= 15 is 0 Å². The molecule has 0 spiro atoms. The first-order chi connectivity index (χ1) is 30.1. The van der Waals surface area contributed by atoms with Crippen molar-refractivity contribution in [3.63, 3.8) is 0 Å². The summed E-state index contributed by atoms with van der Waals surface area (Å²) in [6, 6.07) is 24.2. The van der Waals surface area contributed by atoms with Gasteiger partial charge in [-0.25, -0.2) is 0 Å². The fourth-order valence-electron chi connectivity index (χ4n) is 7.31. The lowest BCUT2D eigenvalue weighted by Crippen LogP contribution is -2.36. The van der Waals surface area contributed by atoms with E-state index in [-0.39, 0.29) is 29.7 Å². The summed E-state index contributed by atoms with van der Waals surface area (Å²) in [5.41, 5.74) is 6.38. The van der Waals surface area contributed by atoms with Crippen LogP contribution in [-0.4, -0.2) is 131 Å². The Kier molecular flexibility index (Phi) is 18.9. The number of likely N-dealkylation sites (N-methyl/N-ethyl adjacent to an activating group) is 2. The molecule has 4 amide bonds. The standard InChI is InChI=1S/C48H63N7O7/c1-6-55(7-2)40-18-19-44(42(34-40)45-33-38(20-21-50-45)47(58)51-43-17-11-13-36-12-8-9-16-41(36)43)52-46(57)37-14-10-15-39(32-37)48(59)54(5)24-23-53(4)25-27-61-29-31-62-30-28-60-26-22-49-35(3)56/h8-10,12,14-16,18-21,32-34,43H,6-7,11,13,17,22-31H2,1-5H3,(H,49,56)(H,51,58)(H,52,57). The van der Waals surface area contributed by atoms with Crippen LogP contribution in [0.15, 0.2) is 85.1 Å². The third-order valence-electron chi connectivity index (χ3n) is 10.9. The average molecular weight is 850 g/mol. The van der Waals surface area contributed by atoms with Gasteiger partial charge in [0.25, 0.3) is 17.7 Å². The van der Waals surface area contributed by atoms with Crippen LogP contribution in [0.25, 0.3) is 11.3 Å². The smallest absolute Gasteiger partial charge is 0.255 e. The summed E-state index contributed by atoms with van der Waals surface area (Å²) in [5.74, 6) is -0.825. The first-order valence-corrected chi connectivity index (χ1v) is 21.6. The first kappa shape index (κ1) is 47.4. The topological polar surface area (TPSA) is 155 Å². The Hall–Kier alpha value is -5.67. The number of aryl methyl sites for hydroxylation is 1. The molecule has 14 heteroatoms. The Balaban J connectivity index is 1.16. The van der Waals surface area contributed by atoms with Crippen molar-refractivity contribution in [2.75, 3.05) is 103 Å². The molecule has 14 nitrogen and oxygen atoms in total. The Morgan fingerprint density at radius 2 is 1.45 bits per heavy atom. The number of nitrogens with one attached hydrogen (secondary N) is 3. The third kappa shape index (κ3) is 14.2. The second-order valence-corrected chi connectivity index (χ2v) is 15.3.